The van der Waals surface area contributed by atoms with Crippen molar-refractivity contribution in [1.29, 1.82) is 0 Å². The van der Waals surface area contributed by atoms with Crippen LogP contribution in [-0.2, 0) is 23.5 Å². The molecule has 0 spiro atoms. The van der Waals surface area contributed by atoms with Crippen LogP contribution in [0.5, 0.6) is 0 Å². The van der Waals surface area contributed by atoms with Crippen LogP contribution in [0.4, 0.5) is 10.1 Å². The fourth-order valence-electron chi connectivity index (χ4n) is 1.75. The molecule has 3 N–H and O–H groups in total. The Morgan fingerprint density at radius 1 is 1.40 bits per heavy atom. The normalized spacial score (nSPS) is 11.7. The number of nitrogen functional groups attached to an aromatic ring is 1. The van der Waals surface area contributed by atoms with Crippen LogP contribution in [0.3, 0.4) is 0 Å². The minimum Gasteiger partial charge on any atom is -0.399 e. The van der Waals surface area contributed by atoms with E-state index in [9.17, 15) is 12.8 Å². The fraction of sp³-hybridized carbons (Fsp3) is 0.250. The second-order valence-corrected chi connectivity index (χ2v) is 6.16. The summed E-state index contributed by atoms with van der Waals surface area (Å²) in [6.07, 6.45) is 3.96. The number of aryl methyl sites for hydroxylation is 1. The number of halogens is 1. The van der Waals surface area contributed by atoms with Gasteiger partial charge in [-0.3, -0.25) is 4.68 Å². The third-order valence-corrected chi connectivity index (χ3v) is 4.11. The predicted molar refractivity (Wildman–Crippen MR) is 72.9 cm³/mol. The Labute approximate surface area is 116 Å². The summed E-state index contributed by atoms with van der Waals surface area (Å²) in [5.74, 6) is -0.683. The highest BCUT2D eigenvalue weighted by Gasteiger charge is 2.15. The molecule has 8 heteroatoms. The quantitative estimate of drug-likeness (QED) is 0.794. The Bertz CT molecular complexity index is 692. The molecule has 108 valence electrons. The molecule has 0 atom stereocenters. The van der Waals surface area contributed by atoms with Crippen molar-refractivity contribution in [2.24, 2.45) is 7.05 Å². The van der Waals surface area contributed by atoms with E-state index in [4.69, 9.17) is 5.73 Å². The largest absolute Gasteiger partial charge is 0.399 e. The van der Waals surface area contributed by atoms with Crippen LogP contribution < -0.4 is 10.5 Å². The lowest BCUT2D eigenvalue weighted by atomic mass is 10.3. The third-order valence-electron chi connectivity index (χ3n) is 2.67. The molecule has 0 fully saturated rings. The van der Waals surface area contributed by atoms with Gasteiger partial charge < -0.3 is 5.73 Å². The standard InChI is InChI=1S/C12H15FN4O2S/c1-17-8-9(7-15-17)2-3-16-20(18,19)12-5-10(13)4-11(14)6-12/h4-8,16H,2-3,14H2,1H3. The lowest BCUT2D eigenvalue weighted by Gasteiger charge is -2.07. The molecule has 0 amide bonds. The first kappa shape index (κ1) is 14.5. The van der Waals surface area contributed by atoms with Gasteiger partial charge in [-0.2, -0.15) is 5.10 Å². The van der Waals surface area contributed by atoms with Crippen LogP contribution in [0.25, 0.3) is 0 Å². The van der Waals surface area contributed by atoms with Crippen molar-refractivity contribution in [2.45, 2.75) is 11.3 Å². The number of sulfonamides is 1. The summed E-state index contributed by atoms with van der Waals surface area (Å²) in [5, 5.41) is 3.99. The number of nitrogens with one attached hydrogen (secondary N) is 1. The Balaban J connectivity index is 2.03. The van der Waals surface area contributed by atoms with E-state index in [1.165, 1.54) is 6.07 Å². The van der Waals surface area contributed by atoms with E-state index in [0.717, 1.165) is 17.7 Å². The van der Waals surface area contributed by atoms with E-state index in [2.05, 4.69) is 9.82 Å². The maximum atomic E-state index is 13.2. The minimum atomic E-state index is -3.77. The van der Waals surface area contributed by atoms with E-state index < -0.39 is 15.8 Å². The maximum absolute atomic E-state index is 13.2. The van der Waals surface area contributed by atoms with Gasteiger partial charge in [-0.15, -0.1) is 0 Å². The van der Waals surface area contributed by atoms with Crippen LogP contribution >= 0.6 is 0 Å². The molecule has 0 aliphatic rings. The molecular weight excluding hydrogens is 283 g/mol. The zero-order chi connectivity index (χ0) is 14.8. The lowest BCUT2D eigenvalue weighted by Crippen LogP contribution is -2.26. The van der Waals surface area contributed by atoms with Gasteiger partial charge in [0, 0.05) is 25.5 Å². The summed E-state index contributed by atoms with van der Waals surface area (Å²) in [6.45, 7) is 0.199. The van der Waals surface area contributed by atoms with Gasteiger partial charge >= 0.3 is 0 Å². The monoisotopic (exact) mass is 298 g/mol. The molecule has 0 aliphatic carbocycles. The van der Waals surface area contributed by atoms with Crippen LogP contribution in [0, 0.1) is 5.82 Å². The third kappa shape index (κ3) is 3.55. The van der Waals surface area contributed by atoms with Gasteiger partial charge in [-0.25, -0.2) is 17.5 Å². The van der Waals surface area contributed by atoms with Crippen molar-refractivity contribution in [3.05, 3.63) is 42.0 Å². The van der Waals surface area contributed by atoms with Crippen LogP contribution in [0.1, 0.15) is 5.56 Å². The average Bonchev–Trinajstić information content (AvgIpc) is 2.73. The number of nitrogens with zero attached hydrogens (tertiary/aromatic N) is 2. The maximum Gasteiger partial charge on any atom is 0.240 e. The number of anilines is 1. The molecule has 1 aromatic heterocycles. The molecule has 0 unspecified atom stereocenters. The molecule has 0 bridgehead atoms. The SMILES string of the molecule is Cn1cc(CCNS(=O)(=O)c2cc(N)cc(F)c2)cn1. The van der Waals surface area contributed by atoms with Crippen molar-refractivity contribution < 1.29 is 12.8 Å². The fourth-order valence-corrected chi connectivity index (χ4v) is 2.85. The summed E-state index contributed by atoms with van der Waals surface area (Å²) in [4.78, 5) is -0.179. The smallest absolute Gasteiger partial charge is 0.240 e. The molecule has 0 radical (unpaired) electrons. The number of rotatable bonds is 5. The molecule has 6 nitrogen and oxygen atoms in total. The predicted octanol–water partition coefficient (Wildman–Crippen LogP) is 0.662. The van der Waals surface area contributed by atoms with Crippen LogP contribution in [-0.4, -0.2) is 24.7 Å². The highest BCUT2D eigenvalue weighted by molar-refractivity contribution is 7.89. The molecule has 0 aliphatic heterocycles. The number of hydrogen-bond acceptors (Lipinski definition) is 4. The second-order valence-electron chi connectivity index (χ2n) is 4.39. The van der Waals surface area contributed by atoms with Crippen molar-refractivity contribution in [3.8, 4) is 0 Å². The summed E-state index contributed by atoms with van der Waals surface area (Å²) < 4.78 is 41.2. The molecule has 0 saturated carbocycles. The molecule has 1 heterocycles. The first-order chi connectivity index (χ1) is 9.37. The molecular formula is C12H15FN4O2S. The summed E-state index contributed by atoms with van der Waals surface area (Å²) in [5.41, 5.74) is 6.41. The summed E-state index contributed by atoms with van der Waals surface area (Å²) >= 11 is 0. The Morgan fingerprint density at radius 2 is 2.15 bits per heavy atom. The molecule has 1 aromatic carbocycles. The molecule has 0 saturated heterocycles. The second kappa shape index (κ2) is 5.59. The molecule has 20 heavy (non-hydrogen) atoms. The number of hydrogen-bond donors (Lipinski definition) is 2. The first-order valence-electron chi connectivity index (χ1n) is 5.90. The average molecular weight is 298 g/mol. The van der Waals surface area contributed by atoms with Crippen molar-refractivity contribution >= 4 is 15.7 Å². The van der Waals surface area contributed by atoms with Crippen molar-refractivity contribution in [1.82, 2.24) is 14.5 Å². The van der Waals surface area contributed by atoms with E-state index in [1.54, 1.807) is 24.1 Å². The number of nitrogens with two attached hydrogens (primary N) is 1. The van der Waals surface area contributed by atoms with Gasteiger partial charge in [0.1, 0.15) is 5.82 Å². The van der Waals surface area contributed by atoms with Crippen molar-refractivity contribution in [2.75, 3.05) is 12.3 Å². The van der Waals surface area contributed by atoms with E-state index >= 15 is 0 Å². The van der Waals surface area contributed by atoms with Gasteiger partial charge in [-0.1, -0.05) is 0 Å². The van der Waals surface area contributed by atoms with Crippen LogP contribution in [0.2, 0.25) is 0 Å². The highest BCUT2D eigenvalue weighted by Crippen LogP contribution is 2.15. The van der Waals surface area contributed by atoms with Crippen molar-refractivity contribution in [3.63, 3.8) is 0 Å². The van der Waals surface area contributed by atoms with Gasteiger partial charge in [0.2, 0.25) is 10.0 Å². The zero-order valence-electron chi connectivity index (χ0n) is 10.9. The molecule has 2 rings (SSSR count). The number of benzene rings is 1. The summed E-state index contributed by atoms with van der Waals surface area (Å²) in [6, 6.07) is 3.22. The Kier molecular flexibility index (Phi) is 4.05. The van der Waals surface area contributed by atoms with Gasteiger partial charge in [0.05, 0.1) is 11.1 Å². The highest BCUT2D eigenvalue weighted by atomic mass is 32.2. The zero-order valence-corrected chi connectivity index (χ0v) is 11.7. The van der Waals surface area contributed by atoms with E-state index in [-0.39, 0.29) is 17.1 Å². The Morgan fingerprint density at radius 3 is 2.75 bits per heavy atom. The first-order valence-corrected chi connectivity index (χ1v) is 7.38. The topological polar surface area (TPSA) is 90.0 Å². The molecule has 2 aromatic rings. The number of aromatic nitrogens is 2. The van der Waals surface area contributed by atoms with Gasteiger partial charge in [-0.05, 0) is 30.2 Å². The lowest BCUT2D eigenvalue weighted by molar-refractivity contribution is 0.578. The van der Waals surface area contributed by atoms with E-state index in [0.29, 0.717) is 6.42 Å². The van der Waals surface area contributed by atoms with Gasteiger partial charge in [0.25, 0.3) is 0 Å². The van der Waals surface area contributed by atoms with E-state index in [1.807, 2.05) is 0 Å². The summed E-state index contributed by atoms with van der Waals surface area (Å²) in [7, 11) is -1.98. The van der Waals surface area contributed by atoms with Gasteiger partial charge in [0.15, 0.2) is 0 Å². The Hall–Kier alpha value is -1.93. The van der Waals surface area contributed by atoms with Crippen LogP contribution in [0.15, 0.2) is 35.5 Å². The minimum absolute atomic E-state index is 0.0673.